The summed E-state index contributed by atoms with van der Waals surface area (Å²) in [6, 6.07) is 6.19. The van der Waals surface area contributed by atoms with E-state index in [1.807, 2.05) is 6.07 Å². The van der Waals surface area contributed by atoms with Gasteiger partial charge in [0.25, 0.3) is 0 Å². The van der Waals surface area contributed by atoms with E-state index in [1.165, 1.54) is 16.8 Å². The molecule has 0 bridgehead atoms. The van der Waals surface area contributed by atoms with Gasteiger partial charge in [-0.2, -0.15) is 0 Å². The van der Waals surface area contributed by atoms with Crippen molar-refractivity contribution in [2.24, 2.45) is 0 Å². The van der Waals surface area contributed by atoms with Crippen LogP contribution in [-0.4, -0.2) is 19.4 Å². The van der Waals surface area contributed by atoms with E-state index in [0.29, 0.717) is 18.6 Å². The molecule has 2 heteroatoms. The second-order valence-corrected chi connectivity index (χ2v) is 3.97. The zero-order valence-electron chi connectivity index (χ0n) is 8.71. The number of hydrogen-bond donors (Lipinski definition) is 0. The summed E-state index contributed by atoms with van der Waals surface area (Å²) in [6.07, 6.45) is 1.27. The number of rotatable bonds is 0. The molecule has 1 aliphatic rings. The number of aryl methyl sites for hydroxylation is 1. The smallest absolute Gasteiger partial charge is 0.139 e. The molecule has 0 N–H and O–H groups in total. The SMILES string of the molecule is Cc1cccc2c1N(C)CCC(=O)C2. The van der Waals surface area contributed by atoms with Crippen LogP contribution in [0.5, 0.6) is 0 Å². The summed E-state index contributed by atoms with van der Waals surface area (Å²) >= 11 is 0. The first-order chi connectivity index (χ1) is 6.68. The fourth-order valence-electron chi connectivity index (χ4n) is 2.11. The van der Waals surface area contributed by atoms with Crippen LogP contribution in [0.15, 0.2) is 18.2 Å². The van der Waals surface area contributed by atoms with Crippen LogP contribution in [0.3, 0.4) is 0 Å². The largest absolute Gasteiger partial charge is 0.374 e. The molecule has 14 heavy (non-hydrogen) atoms. The minimum atomic E-state index is 0.348. The lowest BCUT2D eigenvalue weighted by molar-refractivity contribution is -0.118. The third-order valence-electron chi connectivity index (χ3n) is 2.82. The van der Waals surface area contributed by atoms with Gasteiger partial charge in [-0.05, 0) is 18.1 Å². The number of fused-ring (bicyclic) bond motifs is 1. The predicted octanol–water partition coefficient (Wildman–Crippen LogP) is 1.95. The molecule has 0 radical (unpaired) electrons. The highest BCUT2D eigenvalue weighted by Crippen LogP contribution is 2.27. The Labute approximate surface area is 84.5 Å². The van der Waals surface area contributed by atoms with E-state index in [9.17, 15) is 4.79 Å². The maximum absolute atomic E-state index is 11.5. The van der Waals surface area contributed by atoms with Gasteiger partial charge in [-0.3, -0.25) is 4.79 Å². The molecule has 0 atom stereocenters. The van der Waals surface area contributed by atoms with Gasteiger partial charge < -0.3 is 4.90 Å². The molecule has 1 aromatic carbocycles. The molecule has 0 saturated carbocycles. The van der Waals surface area contributed by atoms with E-state index in [4.69, 9.17) is 0 Å². The Balaban J connectivity index is 2.52. The standard InChI is InChI=1S/C12H15NO/c1-9-4-3-5-10-8-11(14)6-7-13(2)12(9)10/h3-5H,6-8H2,1-2H3. The molecule has 74 valence electrons. The second kappa shape index (κ2) is 3.45. The Kier molecular flexibility index (Phi) is 2.28. The highest BCUT2D eigenvalue weighted by molar-refractivity contribution is 5.85. The van der Waals surface area contributed by atoms with Gasteiger partial charge in [0.2, 0.25) is 0 Å². The summed E-state index contributed by atoms with van der Waals surface area (Å²) in [5, 5.41) is 0. The van der Waals surface area contributed by atoms with Crippen molar-refractivity contribution in [3.63, 3.8) is 0 Å². The first-order valence-electron chi connectivity index (χ1n) is 5.00. The second-order valence-electron chi connectivity index (χ2n) is 3.97. The van der Waals surface area contributed by atoms with E-state index < -0.39 is 0 Å². The van der Waals surface area contributed by atoms with Crippen molar-refractivity contribution in [3.05, 3.63) is 29.3 Å². The van der Waals surface area contributed by atoms with Crippen LogP contribution in [0.4, 0.5) is 5.69 Å². The van der Waals surface area contributed by atoms with Crippen molar-refractivity contribution < 1.29 is 4.79 Å². The van der Waals surface area contributed by atoms with Crippen molar-refractivity contribution in [1.82, 2.24) is 0 Å². The minimum Gasteiger partial charge on any atom is -0.374 e. The Morgan fingerprint density at radius 1 is 1.36 bits per heavy atom. The fraction of sp³-hybridized carbons (Fsp3) is 0.417. The highest BCUT2D eigenvalue weighted by atomic mass is 16.1. The van der Waals surface area contributed by atoms with Gasteiger partial charge >= 0.3 is 0 Å². The highest BCUT2D eigenvalue weighted by Gasteiger charge is 2.17. The molecular weight excluding hydrogens is 174 g/mol. The van der Waals surface area contributed by atoms with Gasteiger partial charge in [0.15, 0.2) is 0 Å². The minimum absolute atomic E-state index is 0.348. The summed E-state index contributed by atoms with van der Waals surface area (Å²) in [4.78, 5) is 13.7. The van der Waals surface area contributed by atoms with E-state index in [2.05, 4.69) is 31.0 Å². The normalized spacial score (nSPS) is 16.4. The van der Waals surface area contributed by atoms with Gasteiger partial charge in [-0.25, -0.2) is 0 Å². The molecule has 0 amide bonds. The topological polar surface area (TPSA) is 20.3 Å². The number of Topliss-reactive ketones (excluding diaryl/α,β-unsaturated/α-hetero) is 1. The molecular formula is C12H15NO. The molecule has 2 nitrogen and oxygen atoms in total. The maximum Gasteiger partial charge on any atom is 0.139 e. The summed E-state index contributed by atoms with van der Waals surface area (Å²) < 4.78 is 0. The van der Waals surface area contributed by atoms with Crippen LogP contribution < -0.4 is 4.90 Å². The summed E-state index contributed by atoms with van der Waals surface area (Å²) in [5.74, 6) is 0.348. The Morgan fingerprint density at radius 2 is 2.14 bits per heavy atom. The average molecular weight is 189 g/mol. The first-order valence-corrected chi connectivity index (χ1v) is 5.00. The van der Waals surface area contributed by atoms with Gasteiger partial charge in [0.1, 0.15) is 5.78 Å². The molecule has 1 aliphatic heterocycles. The molecule has 0 aromatic heterocycles. The van der Waals surface area contributed by atoms with E-state index in [-0.39, 0.29) is 0 Å². The lowest BCUT2D eigenvalue weighted by Gasteiger charge is -2.21. The van der Waals surface area contributed by atoms with Gasteiger partial charge in [-0.1, -0.05) is 18.2 Å². The van der Waals surface area contributed by atoms with Crippen LogP contribution in [0.1, 0.15) is 17.5 Å². The van der Waals surface area contributed by atoms with Gasteiger partial charge in [0.05, 0.1) is 0 Å². The zero-order valence-corrected chi connectivity index (χ0v) is 8.71. The lowest BCUT2D eigenvalue weighted by Crippen LogP contribution is -2.19. The Hall–Kier alpha value is -1.31. The number of anilines is 1. The summed E-state index contributed by atoms with van der Waals surface area (Å²) in [5.41, 5.74) is 3.69. The molecule has 0 fully saturated rings. The average Bonchev–Trinajstić information content (AvgIpc) is 2.27. The molecule has 0 unspecified atom stereocenters. The molecule has 0 spiro atoms. The number of hydrogen-bond acceptors (Lipinski definition) is 2. The molecule has 0 aliphatic carbocycles. The Bertz CT molecular complexity index is 371. The number of ketones is 1. The third-order valence-corrected chi connectivity index (χ3v) is 2.82. The molecule has 0 saturated heterocycles. The van der Waals surface area contributed by atoms with Crippen molar-refractivity contribution in [3.8, 4) is 0 Å². The van der Waals surface area contributed by atoms with Gasteiger partial charge in [0, 0.05) is 32.1 Å². The monoisotopic (exact) mass is 189 g/mol. The number of carbonyl (C=O) groups is 1. The lowest BCUT2D eigenvalue weighted by atomic mass is 10.0. The van der Waals surface area contributed by atoms with Crippen molar-refractivity contribution in [2.45, 2.75) is 19.8 Å². The van der Waals surface area contributed by atoms with E-state index in [1.54, 1.807) is 0 Å². The number of nitrogens with zero attached hydrogens (tertiary/aromatic N) is 1. The molecule has 2 rings (SSSR count). The quantitative estimate of drug-likeness (QED) is 0.621. The van der Waals surface area contributed by atoms with Crippen LogP contribution in [0, 0.1) is 6.92 Å². The van der Waals surface area contributed by atoms with Crippen LogP contribution >= 0.6 is 0 Å². The fourth-order valence-corrected chi connectivity index (χ4v) is 2.11. The van der Waals surface area contributed by atoms with Crippen molar-refractivity contribution in [2.75, 3.05) is 18.5 Å². The van der Waals surface area contributed by atoms with E-state index in [0.717, 1.165) is 6.54 Å². The number of benzene rings is 1. The first kappa shape index (κ1) is 9.25. The molecule has 1 heterocycles. The summed E-state index contributed by atoms with van der Waals surface area (Å²) in [6.45, 7) is 2.95. The Morgan fingerprint density at radius 3 is 2.93 bits per heavy atom. The zero-order chi connectivity index (χ0) is 10.1. The van der Waals surface area contributed by atoms with Crippen LogP contribution in [-0.2, 0) is 11.2 Å². The van der Waals surface area contributed by atoms with Crippen LogP contribution in [0.25, 0.3) is 0 Å². The van der Waals surface area contributed by atoms with Crippen molar-refractivity contribution >= 4 is 11.5 Å². The van der Waals surface area contributed by atoms with Crippen molar-refractivity contribution in [1.29, 1.82) is 0 Å². The number of para-hydroxylation sites is 1. The van der Waals surface area contributed by atoms with Crippen LogP contribution in [0.2, 0.25) is 0 Å². The summed E-state index contributed by atoms with van der Waals surface area (Å²) in [7, 11) is 2.06. The predicted molar refractivity (Wildman–Crippen MR) is 57.8 cm³/mol. The molecule has 1 aromatic rings. The number of carbonyl (C=O) groups excluding carboxylic acids is 1. The van der Waals surface area contributed by atoms with Gasteiger partial charge in [-0.15, -0.1) is 0 Å². The third kappa shape index (κ3) is 1.52. The maximum atomic E-state index is 11.5. The van der Waals surface area contributed by atoms with E-state index >= 15 is 0 Å².